The highest BCUT2D eigenvalue weighted by molar-refractivity contribution is 6.08. The second kappa shape index (κ2) is 6.50. The standard InChI is InChI=1S/C26H19NO/c1-27-15-14-18(24-13-11-21(28)17-26(24)27)10-12-25-22-8-4-2-6-19(22)16-20-7-3-5-9-23(20)25/h2-17H,1H3/b12-10+. The molecule has 0 saturated carbocycles. The molecule has 2 heteroatoms. The topological polar surface area (TPSA) is 22.0 Å². The number of rotatable bonds is 2. The van der Waals surface area contributed by atoms with Crippen molar-refractivity contribution in [2.24, 2.45) is 7.05 Å². The minimum absolute atomic E-state index is 0.0317. The summed E-state index contributed by atoms with van der Waals surface area (Å²) >= 11 is 0. The van der Waals surface area contributed by atoms with Gasteiger partial charge in [-0.2, -0.15) is 0 Å². The summed E-state index contributed by atoms with van der Waals surface area (Å²) in [7, 11) is 1.97. The second-order valence-corrected chi connectivity index (χ2v) is 7.13. The molecule has 0 aromatic heterocycles. The smallest absolute Gasteiger partial charge is 0.180 e. The molecule has 0 bridgehead atoms. The van der Waals surface area contributed by atoms with Gasteiger partial charge in [0.2, 0.25) is 0 Å². The third kappa shape index (κ3) is 2.71. The number of aromatic nitrogens is 1. The van der Waals surface area contributed by atoms with Crippen LogP contribution in [0.3, 0.4) is 0 Å². The molecule has 0 unspecified atom stereocenters. The molecule has 3 aromatic rings. The van der Waals surface area contributed by atoms with E-state index in [1.165, 1.54) is 27.1 Å². The van der Waals surface area contributed by atoms with E-state index in [0.717, 1.165) is 16.8 Å². The van der Waals surface area contributed by atoms with Gasteiger partial charge in [0.25, 0.3) is 0 Å². The highest BCUT2D eigenvalue weighted by atomic mass is 16.1. The van der Waals surface area contributed by atoms with Crippen molar-refractivity contribution in [3.63, 3.8) is 0 Å². The van der Waals surface area contributed by atoms with E-state index >= 15 is 0 Å². The van der Waals surface area contributed by atoms with Gasteiger partial charge >= 0.3 is 0 Å². The largest absolute Gasteiger partial charge is 0.350 e. The number of aryl methyl sites for hydroxylation is 1. The second-order valence-electron chi connectivity index (χ2n) is 7.13. The van der Waals surface area contributed by atoms with Gasteiger partial charge in [-0.3, -0.25) is 4.79 Å². The van der Waals surface area contributed by atoms with E-state index in [1.54, 1.807) is 12.1 Å². The molecule has 28 heavy (non-hydrogen) atoms. The predicted octanol–water partition coefficient (Wildman–Crippen LogP) is 5.97. The zero-order chi connectivity index (χ0) is 19.1. The average Bonchev–Trinajstić information content (AvgIpc) is 2.72. The van der Waals surface area contributed by atoms with E-state index in [1.807, 2.05) is 23.9 Å². The monoisotopic (exact) mass is 361 g/mol. The van der Waals surface area contributed by atoms with E-state index in [4.69, 9.17) is 0 Å². The van der Waals surface area contributed by atoms with Gasteiger partial charge in [0.15, 0.2) is 5.43 Å². The van der Waals surface area contributed by atoms with Crippen LogP contribution in [0, 0.1) is 0 Å². The van der Waals surface area contributed by atoms with Crippen LogP contribution in [0.15, 0.2) is 89.9 Å². The minimum Gasteiger partial charge on any atom is -0.350 e. The Morgan fingerprint density at radius 2 is 1.43 bits per heavy atom. The van der Waals surface area contributed by atoms with E-state index in [2.05, 4.69) is 72.8 Å². The molecule has 5 rings (SSSR count). The zero-order valence-electron chi connectivity index (χ0n) is 15.6. The molecule has 1 aliphatic heterocycles. The fraction of sp³-hybridized carbons (Fsp3) is 0.0385. The van der Waals surface area contributed by atoms with Crippen molar-refractivity contribution < 1.29 is 0 Å². The fourth-order valence-corrected chi connectivity index (χ4v) is 3.96. The highest BCUT2D eigenvalue weighted by Crippen LogP contribution is 2.31. The maximum absolute atomic E-state index is 11.8. The van der Waals surface area contributed by atoms with E-state index in [0.29, 0.717) is 0 Å². The molecule has 1 aliphatic carbocycles. The normalized spacial score (nSPS) is 11.8. The van der Waals surface area contributed by atoms with E-state index in [9.17, 15) is 4.79 Å². The summed E-state index contributed by atoms with van der Waals surface area (Å²) in [5.74, 6) is 0. The van der Waals surface area contributed by atoms with Gasteiger partial charge in [-0.1, -0.05) is 60.7 Å². The number of fused-ring (bicyclic) bond motifs is 3. The van der Waals surface area contributed by atoms with E-state index in [-0.39, 0.29) is 5.43 Å². The Morgan fingerprint density at radius 1 is 0.750 bits per heavy atom. The summed E-state index contributed by atoms with van der Waals surface area (Å²) in [6, 6.07) is 26.6. The molecular formula is C26H19NO. The number of benzene rings is 4. The molecule has 0 saturated heterocycles. The number of hydrogen-bond donors (Lipinski definition) is 0. The fourth-order valence-electron chi connectivity index (χ4n) is 3.96. The molecular weight excluding hydrogens is 342 g/mol. The minimum atomic E-state index is 0.0317. The lowest BCUT2D eigenvalue weighted by molar-refractivity contribution is 0.910. The van der Waals surface area contributed by atoms with Crippen LogP contribution in [0.1, 0.15) is 11.1 Å². The molecule has 3 aromatic carbocycles. The van der Waals surface area contributed by atoms with Crippen LogP contribution in [-0.4, -0.2) is 4.57 Å². The molecule has 1 heterocycles. The molecule has 0 radical (unpaired) electrons. The van der Waals surface area contributed by atoms with Crippen molar-refractivity contribution in [2.75, 3.05) is 0 Å². The van der Waals surface area contributed by atoms with Gasteiger partial charge < -0.3 is 4.57 Å². The summed E-state index contributed by atoms with van der Waals surface area (Å²) in [4.78, 5) is 11.8. The van der Waals surface area contributed by atoms with Crippen LogP contribution in [-0.2, 0) is 7.05 Å². The Hall–Kier alpha value is -3.65. The quantitative estimate of drug-likeness (QED) is 0.355. The van der Waals surface area contributed by atoms with E-state index < -0.39 is 0 Å². The summed E-state index contributed by atoms with van der Waals surface area (Å²) in [5.41, 5.74) is 4.37. The van der Waals surface area contributed by atoms with Crippen molar-refractivity contribution in [2.45, 2.75) is 0 Å². The van der Waals surface area contributed by atoms with Gasteiger partial charge in [-0.15, -0.1) is 0 Å². The maximum atomic E-state index is 11.8. The summed E-state index contributed by atoms with van der Waals surface area (Å²) in [6.07, 6.45) is 6.36. The molecule has 2 nitrogen and oxygen atoms in total. The molecule has 0 N–H and O–H groups in total. The van der Waals surface area contributed by atoms with Crippen LogP contribution in [0.2, 0.25) is 0 Å². The lowest BCUT2D eigenvalue weighted by Crippen LogP contribution is -2.05. The summed E-state index contributed by atoms with van der Waals surface area (Å²) in [5, 5.41) is 4.96. The molecule has 0 atom stereocenters. The van der Waals surface area contributed by atoms with Crippen molar-refractivity contribution >= 4 is 33.7 Å². The van der Waals surface area contributed by atoms with Gasteiger partial charge in [0.1, 0.15) is 0 Å². The Bertz CT molecular complexity index is 1340. The number of nitrogens with zero attached hydrogens (tertiary/aromatic N) is 1. The van der Waals surface area contributed by atoms with Gasteiger partial charge in [0.05, 0.1) is 5.69 Å². The Morgan fingerprint density at radius 3 is 2.14 bits per heavy atom. The van der Waals surface area contributed by atoms with Crippen LogP contribution >= 0.6 is 0 Å². The number of pyridine rings is 1. The molecule has 134 valence electrons. The first kappa shape index (κ1) is 16.5. The molecule has 0 amide bonds. The Kier molecular flexibility index (Phi) is 3.84. The average molecular weight is 361 g/mol. The van der Waals surface area contributed by atoms with Crippen LogP contribution in [0.4, 0.5) is 0 Å². The number of hydrogen-bond acceptors (Lipinski definition) is 1. The molecule has 0 fully saturated rings. The lowest BCUT2D eigenvalue weighted by Gasteiger charge is -2.14. The molecule has 2 aliphatic rings. The first-order chi connectivity index (χ1) is 13.7. The van der Waals surface area contributed by atoms with Crippen molar-refractivity contribution in [1.82, 2.24) is 4.57 Å². The SMILES string of the molecule is Cn1ccc(/C=C/c2c3ccccc3cc3ccccc23)c2ccc(=O)cc1-2. The maximum Gasteiger partial charge on any atom is 0.180 e. The van der Waals surface area contributed by atoms with Gasteiger partial charge in [0, 0.05) is 24.9 Å². The first-order valence-corrected chi connectivity index (χ1v) is 9.39. The van der Waals surface area contributed by atoms with Crippen LogP contribution < -0.4 is 5.43 Å². The third-order valence-electron chi connectivity index (χ3n) is 5.38. The predicted molar refractivity (Wildman–Crippen MR) is 119 cm³/mol. The third-order valence-corrected chi connectivity index (χ3v) is 5.38. The van der Waals surface area contributed by atoms with Crippen LogP contribution in [0.25, 0.3) is 45.0 Å². The summed E-state index contributed by atoms with van der Waals surface area (Å²) in [6.45, 7) is 0. The zero-order valence-corrected chi connectivity index (χ0v) is 15.6. The highest BCUT2D eigenvalue weighted by Gasteiger charge is 2.09. The van der Waals surface area contributed by atoms with Crippen LogP contribution in [0.5, 0.6) is 0 Å². The Labute approximate surface area is 163 Å². The summed E-state index contributed by atoms with van der Waals surface area (Å²) < 4.78 is 1.99. The Balaban J connectivity index is 1.74. The molecule has 0 spiro atoms. The van der Waals surface area contributed by atoms with Crippen molar-refractivity contribution in [1.29, 1.82) is 0 Å². The van der Waals surface area contributed by atoms with Crippen molar-refractivity contribution in [3.8, 4) is 11.3 Å². The van der Waals surface area contributed by atoms with Gasteiger partial charge in [-0.25, -0.2) is 0 Å². The first-order valence-electron chi connectivity index (χ1n) is 9.39. The lowest BCUT2D eigenvalue weighted by atomic mass is 9.95. The van der Waals surface area contributed by atoms with Crippen molar-refractivity contribution in [3.05, 3.63) is 106 Å². The van der Waals surface area contributed by atoms with Gasteiger partial charge in [-0.05, 0) is 56.9 Å².